The summed E-state index contributed by atoms with van der Waals surface area (Å²) in [5, 5.41) is -0.447. The molecule has 3 heterocycles. The van der Waals surface area contributed by atoms with Crippen molar-refractivity contribution in [1.29, 1.82) is 0 Å². The fraction of sp³-hybridized carbons (Fsp3) is 0.472. The van der Waals surface area contributed by atoms with Gasteiger partial charge in [0, 0.05) is 48.5 Å². The lowest BCUT2D eigenvalue weighted by Crippen LogP contribution is -2.47. The number of esters is 1. The van der Waals surface area contributed by atoms with Crippen molar-refractivity contribution >= 4 is 23.7 Å². The van der Waals surface area contributed by atoms with E-state index in [1.54, 1.807) is 34.7 Å². The van der Waals surface area contributed by atoms with Gasteiger partial charge >= 0.3 is 12.1 Å². The van der Waals surface area contributed by atoms with Crippen LogP contribution < -0.4 is 9.47 Å². The molecule has 1 saturated heterocycles. The zero-order valence-corrected chi connectivity index (χ0v) is 29.2. The number of carbonyl (C=O) groups is 2. The molecule has 1 aromatic heterocycles. The SMILES string of the molecule is COC(=O)c1cnc(OCCOC2CCCCO2)c(F)c1-c1c(Cl)c(F)cc2c1C(C)C(CN(C)C(=O)OC(C)(C)C)(c1ccccc1)O2. The Morgan fingerprint density at radius 2 is 1.86 bits per heavy atom. The van der Waals surface area contributed by atoms with Crippen molar-refractivity contribution in [3.8, 4) is 22.8 Å². The molecule has 1 amide bonds. The third-order valence-electron chi connectivity index (χ3n) is 8.49. The van der Waals surface area contributed by atoms with Gasteiger partial charge in [0.25, 0.3) is 5.88 Å². The molecule has 0 bridgehead atoms. The number of carbonyl (C=O) groups excluding carboxylic acids is 2. The molecular weight excluding hydrogens is 662 g/mol. The van der Waals surface area contributed by atoms with Gasteiger partial charge in [0.2, 0.25) is 0 Å². The smallest absolute Gasteiger partial charge is 0.410 e. The van der Waals surface area contributed by atoms with Gasteiger partial charge in [-0.15, -0.1) is 0 Å². The Hall–Kier alpha value is -4.00. The highest BCUT2D eigenvalue weighted by molar-refractivity contribution is 6.34. The number of aromatic nitrogens is 1. The molecule has 10 nitrogen and oxygen atoms in total. The number of amides is 1. The van der Waals surface area contributed by atoms with Gasteiger partial charge in [-0.3, -0.25) is 0 Å². The predicted octanol–water partition coefficient (Wildman–Crippen LogP) is 7.65. The first-order valence-electron chi connectivity index (χ1n) is 16.1. The highest BCUT2D eigenvalue weighted by Crippen LogP contribution is 2.56. The Morgan fingerprint density at radius 3 is 2.51 bits per heavy atom. The van der Waals surface area contributed by atoms with Crippen LogP contribution in [0.1, 0.15) is 74.4 Å². The zero-order valence-electron chi connectivity index (χ0n) is 28.4. The molecule has 0 radical (unpaired) electrons. The summed E-state index contributed by atoms with van der Waals surface area (Å²) in [6.45, 7) is 7.64. The average Bonchev–Trinajstić information content (AvgIpc) is 3.35. The van der Waals surface area contributed by atoms with Crippen molar-refractivity contribution in [1.82, 2.24) is 9.88 Å². The van der Waals surface area contributed by atoms with Crippen LogP contribution in [0.3, 0.4) is 0 Å². The number of pyridine rings is 1. The van der Waals surface area contributed by atoms with Crippen LogP contribution in [0.2, 0.25) is 5.02 Å². The lowest BCUT2D eigenvalue weighted by Gasteiger charge is -2.37. The molecule has 13 heteroatoms. The van der Waals surface area contributed by atoms with E-state index in [2.05, 4.69) is 4.98 Å². The molecule has 2 aromatic carbocycles. The molecule has 3 unspecified atom stereocenters. The lowest BCUT2D eigenvalue weighted by molar-refractivity contribution is -0.165. The Bertz CT molecular complexity index is 1680. The van der Waals surface area contributed by atoms with Crippen LogP contribution in [-0.4, -0.2) is 74.4 Å². The monoisotopic (exact) mass is 702 g/mol. The topological polar surface area (TPSA) is 106 Å². The molecular formula is C36H41ClF2N2O8. The maximum atomic E-state index is 16.6. The van der Waals surface area contributed by atoms with Crippen LogP contribution in [0, 0.1) is 11.6 Å². The van der Waals surface area contributed by atoms with Crippen molar-refractivity contribution in [3.63, 3.8) is 0 Å². The quantitative estimate of drug-likeness (QED) is 0.156. The number of methoxy groups -OCH3 is 1. The Balaban J connectivity index is 1.59. The first-order chi connectivity index (χ1) is 23.3. The summed E-state index contributed by atoms with van der Waals surface area (Å²) in [5.74, 6) is -3.97. The first-order valence-corrected chi connectivity index (χ1v) is 16.5. The van der Waals surface area contributed by atoms with E-state index in [4.69, 9.17) is 40.0 Å². The largest absolute Gasteiger partial charge is 0.480 e. The second kappa shape index (κ2) is 14.9. The summed E-state index contributed by atoms with van der Waals surface area (Å²) < 4.78 is 66.5. The molecule has 3 aromatic rings. The number of hydrogen-bond acceptors (Lipinski definition) is 9. The van der Waals surface area contributed by atoms with Crippen molar-refractivity contribution in [2.45, 2.75) is 70.4 Å². The molecule has 0 saturated carbocycles. The van der Waals surface area contributed by atoms with E-state index >= 15 is 8.78 Å². The van der Waals surface area contributed by atoms with Crippen LogP contribution >= 0.6 is 11.6 Å². The number of rotatable bonds is 10. The molecule has 0 aliphatic carbocycles. The summed E-state index contributed by atoms with van der Waals surface area (Å²) in [5.41, 5.74) is -1.90. The highest BCUT2D eigenvalue weighted by atomic mass is 35.5. The van der Waals surface area contributed by atoms with Crippen LogP contribution in [0.4, 0.5) is 13.6 Å². The predicted molar refractivity (Wildman–Crippen MR) is 177 cm³/mol. The molecule has 0 spiro atoms. The molecule has 3 atom stereocenters. The normalized spacial score (nSPS) is 20.3. The highest BCUT2D eigenvalue weighted by Gasteiger charge is 2.51. The Kier molecular flexibility index (Phi) is 11.0. The standard InChI is InChI=1S/C36H41ClF2N2O8/c1-21-27-25(48-36(21,22-12-8-7-9-13-22)20-41(5)34(43)49-35(2,3)4)18-24(38)30(37)29(27)28-23(33(42)44-6)19-40-32(31(28)39)47-17-16-46-26-14-10-11-15-45-26/h7-9,12-13,18-19,21,26H,10-11,14-17,20H2,1-6H3. The molecule has 49 heavy (non-hydrogen) atoms. The van der Waals surface area contributed by atoms with Gasteiger partial charge in [0.1, 0.15) is 23.8 Å². The number of halogens is 3. The van der Waals surface area contributed by atoms with Crippen molar-refractivity contribution < 1.29 is 46.8 Å². The van der Waals surface area contributed by atoms with Crippen LogP contribution in [-0.2, 0) is 24.5 Å². The Morgan fingerprint density at radius 1 is 1.12 bits per heavy atom. The van der Waals surface area contributed by atoms with Gasteiger partial charge in [-0.25, -0.2) is 23.4 Å². The summed E-state index contributed by atoms with van der Waals surface area (Å²) in [6.07, 6.45) is 2.80. The third-order valence-corrected chi connectivity index (χ3v) is 8.86. The fourth-order valence-corrected chi connectivity index (χ4v) is 6.43. The lowest BCUT2D eigenvalue weighted by atomic mass is 9.77. The second-order valence-corrected chi connectivity index (χ2v) is 13.4. The van der Waals surface area contributed by atoms with E-state index in [-0.39, 0.29) is 48.5 Å². The van der Waals surface area contributed by atoms with Gasteiger partial charge in [-0.1, -0.05) is 48.9 Å². The molecule has 5 rings (SSSR count). The molecule has 2 aliphatic heterocycles. The molecule has 1 fully saturated rings. The second-order valence-electron chi connectivity index (χ2n) is 13.0. The van der Waals surface area contributed by atoms with E-state index in [1.165, 1.54) is 4.90 Å². The molecule has 2 aliphatic rings. The van der Waals surface area contributed by atoms with Crippen molar-refractivity contribution in [3.05, 3.63) is 75.9 Å². The van der Waals surface area contributed by atoms with Crippen LogP contribution in [0.25, 0.3) is 11.1 Å². The number of likely N-dealkylation sites (N-methyl/N-ethyl adjacent to an activating group) is 1. The number of hydrogen-bond donors (Lipinski definition) is 0. The summed E-state index contributed by atoms with van der Waals surface area (Å²) in [7, 11) is 2.70. The van der Waals surface area contributed by atoms with Crippen LogP contribution in [0.5, 0.6) is 11.6 Å². The fourth-order valence-electron chi connectivity index (χ4n) is 6.18. The third kappa shape index (κ3) is 7.61. The minimum Gasteiger partial charge on any atom is -0.480 e. The van der Waals surface area contributed by atoms with E-state index in [1.807, 2.05) is 30.3 Å². The van der Waals surface area contributed by atoms with Crippen LogP contribution in [0.15, 0.2) is 42.6 Å². The van der Waals surface area contributed by atoms with Crippen molar-refractivity contribution in [2.75, 3.05) is 40.5 Å². The van der Waals surface area contributed by atoms with Gasteiger partial charge in [0.15, 0.2) is 17.7 Å². The summed E-state index contributed by atoms with van der Waals surface area (Å²) in [6, 6.07) is 10.2. The molecule has 0 N–H and O–H groups in total. The van der Waals surface area contributed by atoms with Gasteiger partial charge in [-0.2, -0.15) is 0 Å². The number of fused-ring (bicyclic) bond motifs is 1. The van der Waals surface area contributed by atoms with E-state index < -0.39 is 51.7 Å². The van der Waals surface area contributed by atoms with E-state index in [0.29, 0.717) is 17.7 Å². The van der Waals surface area contributed by atoms with E-state index in [9.17, 15) is 9.59 Å². The maximum Gasteiger partial charge on any atom is 0.410 e. The number of benzene rings is 2. The molecule has 264 valence electrons. The minimum absolute atomic E-state index is 0.0395. The average molecular weight is 703 g/mol. The van der Waals surface area contributed by atoms with Gasteiger partial charge in [0.05, 0.1) is 30.8 Å². The van der Waals surface area contributed by atoms with E-state index in [0.717, 1.165) is 38.6 Å². The Labute approximate surface area is 289 Å². The summed E-state index contributed by atoms with van der Waals surface area (Å²) >= 11 is 6.67. The van der Waals surface area contributed by atoms with Crippen molar-refractivity contribution in [2.24, 2.45) is 0 Å². The van der Waals surface area contributed by atoms with Gasteiger partial charge in [-0.05, 0) is 45.6 Å². The summed E-state index contributed by atoms with van der Waals surface area (Å²) in [4.78, 5) is 31.6. The maximum absolute atomic E-state index is 16.6. The van der Waals surface area contributed by atoms with Gasteiger partial charge < -0.3 is 33.3 Å². The zero-order chi connectivity index (χ0) is 35.5. The number of nitrogens with zero attached hydrogens (tertiary/aromatic N) is 2. The first kappa shape index (κ1) is 36.3. The number of ether oxygens (including phenoxy) is 6. The minimum atomic E-state index is -1.31.